The number of imide groups is 1. The molecule has 2 aromatic carbocycles. The van der Waals surface area contributed by atoms with E-state index in [4.69, 9.17) is 32.4 Å². The number of amides is 2. The Morgan fingerprint density at radius 3 is 2.57 bits per heavy atom. The van der Waals surface area contributed by atoms with Gasteiger partial charge in [0.2, 0.25) is 0 Å². The summed E-state index contributed by atoms with van der Waals surface area (Å²) in [4.78, 5) is 28.4. The van der Waals surface area contributed by atoms with Crippen LogP contribution in [0.3, 0.4) is 0 Å². The lowest BCUT2D eigenvalue weighted by Gasteiger charge is -2.41. The molecule has 1 fully saturated rings. The normalized spacial score (nSPS) is 23.0. The summed E-state index contributed by atoms with van der Waals surface area (Å²) in [5.74, 6) is -0.870. The van der Waals surface area contributed by atoms with Crippen LogP contribution in [-0.2, 0) is 21.6 Å². The number of ether oxygens (including phenoxy) is 1. The van der Waals surface area contributed by atoms with Gasteiger partial charge in [-0.1, -0.05) is 54.1 Å². The van der Waals surface area contributed by atoms with Gasteiger partial charge in [-0.2, -0.15) is 5.01 Å². The first-order valence-corrected chi connectivity index (χ1v) is 12.4. The molecule has 5 rings (SSSR count). The van der Waals surface area contributed by atoms with Crippen molar-refractivity contribution in [3.63, 3.8) is 0 Å². The number of hydrogen-bond donors (Lipinski definition) is 2. The van der Waals surface area contributed by atoms with Crippen LogP contribution >= 0.6 is 23.2 Å². The predicted octanol–water partition coefficient (Wildman–Crippen LogP) is 5.64. The molecular weight excluding hydrogens is 515 g/mol. The number of methoxy groups -OCH3 is 1. The van der Waals surface area contributed by atoms with Gasteiger partial charge in [-0.25, -0.2) is 0 Å². The van der Waals surface area contributed by atoms with E-state index >= 15 is 0 Å². The van der Waals surface area contributed by atoms with Gasteiger partial charge in [0.1, 0.15) is 29.3 Å². The summed E-state index contributed by atoms with van der Waals surface area (Å²) >= 11 is 12.4. The number of allylic oxidation sites excluding steroid dienone is 3. The Kier molecular flexibility index (Phi) is 6.62. The smallest absolute Gasteiger partial charge is 0.260 e. The highest BCUT2D eigenvalue weighted by atomic mass is 35.5. The number of nitrogens with zero attached hydrogens (tertiary/aromatic N) is 1. The number of rotatable bonds is 7. The quantitative estimate of drug-likeness (QED) is 0.378. The summed E-state index contributed by atoms with van der Waals surface area (Å²) < 4.78 is 11.3. The average molecular weight is 539 g/mol. The summed E-state index contributed by atoms with van der Waals surface area (Å²) in [6, 6.07) is 15.3. The van der Waals surface area contributed by atoms with E-state index in [1.165, 1.54) is 6.07 Å². The van der Waals surface area contributed by atoms with Crippen LogP contribution in [0.5, 0.6) is 5.75 Å². The maximum absolute atomic E-state index is 14.5. The number of hydrazine groups is 1. The number of aliphatic hydroxyl groups is 1. The van der Waals surface area contributed by atoms with Gasteiger partial charge < -0.3 is 14.3 Å². The lowest BCUT2D eigenvalue weighted by molar-refractivity contribution is -0.138. The van der Waals surface area contributed by atoms with E-state index in [0.717, 1.165) is 10.6 Å². The van der Waals surface area contributed by atoms with Crippen LogP contribution in [0.25, 0.3) is 0 Å². The minimum absolute atomic E-state index is 0.265. The molecular formula is C28H24Cl2N2O5. The van der Waals surface area contributed by atoms with Gasteiger partial charge in [0.25, 0.3) is 11.8 Å². The highest BCUT2D eigenvalue weighted by Crippen LogP contribution is 2.58. The van der Waals surface area contributed by atoms with Crippen molar-refractivity contribution < 1.29 is 23.8 Å². The highest BCUT2D eigenvalue weighted by molar-refractivity contribution is 6.36. The second-order valence-electron chi connectivity index (χ2n) is 8.90. The first kappa shape index (κ1) is 25.1. The van der Waals surface area contributed by atoms with E-state index in [-0.39, 0.29) is 11.6 Å². The first-order chi connectivity index (χ1) is 17.8. The van der Waals surface area contributed by atoms with Crippen molar-refractivity contribution in [1.82, 2.24) is 5.01 Å². The molecule has 2 aliphatic rings. The summed E-state index contributed by atoms with van der Waals surface area (Å²) in [5, 5.41) is 11.4. The Morgan fingerprint density at radius 1 is 1.19 bits per heavy atom. The molecule has 37 heavy (non-hydrogen) atoms. The van der Waals surface area contributed by atoms with E-state index in [1.807, 2.05) is 6.08 Å². The Hall–Kier alpha value is -3.52. The number of halogens is 2. The molecule has 2 heterocycles. The summed E-state index contributed by atoms with van der Waals surface area (Å²) in [7, 11) is 1.56. The zero-order valence-corrected chi connectivity index (χ0v) is 21.4. The molecule has 0 spiro atoms. The maximum atomic E-state index is 14.5. The van der Waals surface area contributed by atoms with Crippen LogP contribution in [0.2, 0.25) is 10.0 Å². The van der Waals surface area contributed by atoms with Crippen LogP contribution in [0.1, 0.15) is 29.4 Å². The van der Waals surface area contributed by atoms with Gasteiger partial charge in [0, 0.05) is 5.02 Å². The molecule has 1 aliphatic carbocycles. The number of benzene rings is 2. The van der Waals surface area contributed by atoms with Gasteiger partial charge in [-0.05, 0) is 60.0 Å². The zero-order valence-electron chi connectivity index (χ0n) is 19.9. The monoisotopic (exact) mass is 538 g/mol. The Bertz CT molecular complexity index is 1410. The van der Waals surface area contributed by atoms with Crippen LogP contribution in [0.4, 0.5) is 5.69 Å². The van der Waals surface area contributed by atoms with Gasteiger partial charge in [0.05, 0.1) is 29.7 Å². The average Bonchev–Trinajstić information content (AvgIpc) is 3.47. The third-order valence-electron chi connectivity index (χ3n) is 7.09. The topological polar surface area (TPSA) is 92.0 Å². The number of aliphatic hydroxyl groups excluding tert-OH is 1. The molecule has 0 bridgehead atoms. The summed E-state index contributed by atoms with van der Waals surface area (Å²) in [6.45, 7) is 3.67. The van der Waals surface area contributed by atoms with E-state index in [0.29, 0.717) is 40.0 Å². The van der Waals surface area contributed by atoms with E-state index < -0.39 is 29.1 Å². The van der Waals surface area contributed by atoms with Crippen LogP contribution in [-0.4, -0.2) is 29.0 Å². The number of nitrogens with one attached hydrogen (secondary N) is 1. The van der Waals surface area contributed by atoms with Crippen LogP contribution in [0.15, 0.2) is 83.3 Å². The Balaban J connectivity index is 1.71. The summed E-state index contributed by atoms with van der Waals surface area (Å²) in [6.07, 6.45) is 3.90. The molecule has 3 unspecified atom stereocenters. The number of carbonyl (C=O) groups is 2. The number of anilines is 1. The third-order valence-corrected chi connectivity index (χ3v) is 7.64. The van der Waals surface area contributed by atoms with Crippen molar-refractivity contribution in [2.75, 3.05) is 12.5 Å². The van der Waals surface area contributed by atoms with Crippen LogP contribution in [0, 0.1) is 5.92 Å². The molecule has 1 aliphatic heterocycles. The second kappa shape index (κ2) is 9.74. The second-order valence-corrected chi connectivity index (χ2v) is 9.75. The van der Waals surface area contributed by atoms with Crippen molar-refractivity contribution in [2.45, 2.75) is 24.4 Å². The SMILES string of the molecule is C=CC1=CCC2C(=O)N(Nc3ccc(Cl)cc3Cl)C(=O)C2(c2ccc(OC)cc2)C1c1ccc(CO)o1. The van der Waals surface area contributed by atoms with Crippen molar-refractivity contribution >= 4 is 40.7 Å². The molecule has 2 amide bonds. The Morgan fingerprint density at radius 2 is 1.95 bits per heavy atom. The van der Waals surface area contributed by atoms with Crippen molar-refractivity contribution in [1.29, 1.82) is 0 Å². The third kappa shape index (κ3) is 3.94. The molecule has 1 aromatic heterocycles. The Labute approximate surface area is 223 Å². The fraction of sp³-hybridized carbons (Fsp3) is 0.214. The molecule has 3 aromatic rings. The lowest BCUT2D eigenvalue weighted by Crippen LogP contribution is -2.48. The standard InChI is InChI=1S/C28H24Cl2N2O5/c1-3-16-4-11-21-26(34)32(31-23-12-7-18(29)14-22(23)30)27(35)28(21,17-5-8-19(36-2)9-6-17)25(16)24-13-10-20(15-33)37-24/h3-10,12-14,21,25,31,33H,1,11,15H2,2H3. The number of furan rings is 1. The highest BCUT2D eigenvalue weighted by Gasteiger charge is 2.66. The number of carbonyl (C=O) groups excluding carboxylic acids is 2. The molecule has 7 nitrogen and oxygen atoms in total. The molecule has 0 saturated carbocycles. The fourth-order valence-corrected chi connectivity index (χ4v) is 5.87. The van der Waals surface area contributed by atoms with Gasteiger partial charge in [-0.15, -0.1) is 0 Å². The minimum atomic E-state index is -1.36. The van der Waals surface area contributed by atoms with Crippen molar-refractivity contribution in [3.05, 3.63) is 106 Å². The number of hydrogen-bond acceptors (Lipinski definition) is 6. The van der Waals surface area contributed by atoms with Gasteiger partial charge in [-0.3, -0.25) is 15.0 Å². The summed E-state index contributed by atoms with van der Waals surface area (Å²) in [5.41, 5.74) is 3.31. The minimum Gasteiger partial charge on any atom is -0.497 e. The number of fused-ring (bicyclic) bond motifs is 1. The van der Waals surface area contributed by atoms with Gasteiger partial charge in [0.15, 0.2) is 0 Å². The molecule has 190 valence electrons. The lowest BCUT2D eigenvalue weighted by atomic mass is 9.57. The van der Waals surface area contributed by atoms with Gasteiger partial charge >= 0.3 is 0 Å². The maximum Gasteiger partial charge on any atom is 0.260 e. The van der Waals surface area contributed by atoms with E-state index in [1.54, 1.807) is 61.7 Å². The molecule has 2 N–H and O–H groups in total. The van der Waals surface area contributed by atoms with E-state index in [2.05, 4.69) is 12.0 Å². The van der Waals surface area contributed by atoms with Crippen molar-refractivity contribution in [2.24, 2.45) is 5.92 Å². The van der Waals surface area contributed by atoms with Crippen LogP contribution < -0.4 is 10.2 Å². The molecule has 1 saturated heterocycles. The van der Waals surface area contributed by atoms with E-state index in [9.17, 15) is 14.7 Å². The fourth-order valence-electron chi connectivity index (χ4n) is 5.42. The zero-order chi connectivity index (χ0) is 26.3. The first-order valence-electron chi connectivity index (χ1n) is 11.6. The predicted molar refractivity (Wildman–Crippen MR) is 140 cm³/mol. The van der Waals surface area contributed by atoms with Crippen molar-refractivity contribution in [3.8, 4) is 5.75 Å². The molecule has 3 atom stereocenters. The molecule has 0 radical (unpaired) electrons. The largest absolute Gasteiger partial charge is 0.497 e. The molecule has 9 heteroatoms.